The van der Waals surface area contributed by atoms with Crippen LogP contribution in [0.4, 0.5) is 0 Å². The number of hydrogen-bond acceptors (Lipinski definition) is 2. The van der Waals surface area contributed by atoms with Gasteiger partial charge in [-0.25, -0.2) is 4.98 Å². The number of benzene rings is 6. The van der Waals surface area contributed by atoms with Crippen LogP contribution >= 0.6 is 0 Å². The van der Waals surface area contributed by atoms with Crippen molar-refractivity contribution in [2.24, 2.45) is 7.05 Å². The van der Waals surface area contributed by atoms with E-state index in [1.54, 1.807) is 0 Å². The largest absolute Gasteiger partial charge is 0.510 e. The molecule has 0 amide bonds. The SMILES string of the molecule is C[n+]1[c-]n2c3c(cccc31)C1(c3ccc(Oc4[c-]c5c(cc4)c4cc(C(C)(C)C)ccc4n5-c4ccccn4)[c-]c3-2)c2c(cc(C(C)(C)C)cc2C(C)(C)C)-c2cc(C(C)(C)C)cc(C(C)(C)C)c21.[Pt]. The van der Waals surface area contributed by atoms with Gasteiger partial charge in [0.25, 0.3) is 0 Å². The molecule has 0 saturated carbocycles. The van der Waals surface area contributed by atoms with E-state index in [0.29, 0.717) is 11.5 Å². The van der Waals surface area contributed by atoms with Crippen molar-refractivity contribution in [1.29, 1.82) is 0 Å². The van der Waals surface area contributed by atoms with E-state index in [1.165, 1.54) is 66.6 Å². The summed E-state index contributed by atoms with van der Waals surface area (Å²) in [5, 5.41) is 2.27. The van der Waals surface area contributed by atoms with Crippen LogP contribution in [0.1, 0.15) is 154 Å². The van der Waals surface area contributed by atoms with Crippen LogP contribution in [0.3, 0.4) is 0 Å². The van der Waals surface area contributed by atoms with E-state index in [-0.39, 0.29) is 48.1 Å². The van der Waals surface area contributed by atoms with Gasteiger partial charge in [0.05, 0.1) is 18.1 Å². The number of rotatable bonds is 3. The second kappa shape index (κ2) is 15.6. The van der Waals surface area contributed by atoms with E-state index in [4.69, 9.17) is 9.72 Å². The third-order valence-corrected chi connectivity index (χ3v) is 15.1. The molecule has 5 nitrogen and oxygen atoms in total. The fraction of sp³-hybridized carbons (Fsp3) is 0.344. The Bertz CT molecular complexity index is 3530. The fourth-order valence-corrected chi connectivity index (χ4v) is 11.4. The van der Waals surface area contributed by atoms with Gasteiger partial charge in [-0.15, -0.1) is 35.2 Å². The number of fused-ring (bicyclic) bond motifs is 12. The molecule has 0 bridgehead atoms. The van der Waals surface area contributed by atoms with Crippen LogP contribution in [-0.4, -0.2) is 14.1 Å². The third kappa shape index (κ3) is 7.10. The normalized spacial score (nSPS) is 14.3. The molecule has 0 saturated heterocycles. The number of aromatic nitrogens is 4. The van der Waals surface area contributed by atoms with Gasteiger partial charge in [0, 0.05) is 49.7 Å². The Kier molecular flexibility index (Phi) is 10.7. The molecule has 1 aliphatic heterocycles. The van der Waals surface area contributed by atoms with Gasteiger partial charge in [-0.1, -0.05) is 176 Å². The maximum absolute atomic E-state index is 6.98. The number of hydrogen-bond donors (Lipinski definition) is 0. The zero-order valence-corrected chi connectivity index (χ0v) is 46.2. The topological polar surface area (TPSA) is 35.9 Å². The minimum Gasteiger partial charge on any atom is -0.510 e. The van der Waals surface area contributed by atoms with Crippen LogP contribution in [0.25, 0.3) is 55.5 Å². The van der Waals surface area contributed by atoms with Crippen LogP contribution < -0.4 is 9.30 Å². The van der Waals surface area contributed by atoms with E-state index in [1.807, 2.05) is 24.4 Å². The van der Waals surface area contributed by atoms with E-state index >= 15 is 0 Å². The van der Waals surface area contributed by atoms with Gasteiger partial charge in [-0.05, 0) is 106 Å². The first-order valence-corrected chi connectivity index (χ1v) is 24.8. The summed E-state index contributed by atoms with van der Waals surface area (Å²) in [5.74, 6) is 2.06. The van der Waals surface area contributed by atoms with Crippen molar-refractivity contribution in [1.82, 2.24) is 14.1 Å². The molecule has 6 aromatic carbocycles. The number of ether oxygens (including phenoxy) is 1. The Morgan fingerprint density at radius 3 is 1.73 bits per heavy atom. The first kappa shape index (κ1) is 47.9. The molecule has 70 heavy (non-hydrogen) atoms. The van der Waals surface area contributed by atoms with Crippen molar-refractivity contribution in [3.05, 3.63) is 178 Å². The Hall–Kier alpha value is -5.77. The van der Waals surface area contributed by atoms with Gasteiger partial charge in [-0.3, -0.25) is 0 Å². The molecule has 1 spiro atoms. The zero-order chi connectivity index (χ0) is 49.1. The van der Waals surface area contributed by atoms with E-state index in [9.17, 15) is 0 Å². The minimum atomic E-state index is -0.692. The summed E-state index contributed by atoms with van der Waals surface area (Å²) in [6, 6.07) is 46.2. The number of nitrogens with zero attached hydrogens (tertiary/aromatic N) is 4. The Morgan fingerprint density at radius 1 is 0.557 bits per heavy atom. The predicted octanol–water partition coefficient (Wildman–Crippen LogP) is 15.3. The number of pyridine rings is 1. The molecular weight excluding hydrogens is 1040 g/mol. The van der Waals surface area contributed by atoms with Gasteiger partial charge >= 0.3 is 0 Å². The summed E-state index contributed by atoms with van der Waals surface area (Å²) in [5.41, 5.74) is 18.6. The van der Waals surface area contributed by atoms with Crippen LogP contribution in [-0.2, 0) is 60.6 Å². The van der Waals surface area contributed by atoms with Crippen LogP contribution in [0.2, 0.25) is 0 Å². The van der Waals surface area contributed by atoms with Crippen molar-refractivity contribution in [3.63, 3.8) is 0 Å². The van der Waals surface area contributed by atoms with Gasteiger partial charge in [-0.2, -0.15) is 12.1 Å². The smallest absolute Gasteiger partial charge is 0.242 e. The summed E-state index contributed by atoms with van der Waals surface area (Å²) in [4.78, 5) is 4.82. The van der Waals surface area contributed by atoms with Crippen molar-refractivity contribution >= 4 is 32.8 Å². The van der Waals surface area contributed by atoms with Crippen molar-refractivity contribution in [2.75, 3.05) is 0 Å². The number of para-hydroxylation sites is 1. The van der Waals surface area contributed by atoms with Crippen LogP contribution in [0.5, 0.6) is 11.5 Å². The molecule has 2 aliphatic rings. The second-order valence-electron chi connectivity index (χ2n) is 25.1. The number of imidazole rings is 1. The molecule has 0 atom stereocenters. The summed E-state index contributed by atoms with van der Waals surface area (Å²) in [6.07, 6.45) is 5.60. The fourth-order valence-electron chi connectivity index (χ4n) is 11.4. The van der Waals surface area contributed by atoms with Gasteiger partial charge < -0.3 is 18.4 Å². The third-order valence-electron chi connectivity index (χ3n) is 15.1. The molecule has 0 fully saturated rings. The van der Waals surface area contributed by atoms with Crippen molar-refractivity contribution < 1.29 is 30.4 Å². The Balaban J connectivity index is 0.00000567. The van der Waals surface area contributed by atoms with Gasteiger partial charge in [0.15, 0.2) is 0 Å². The van der Waals surface area contributed by atoms with Gasteiger partial charge in [0.1, 0.15) is 5.82 Å². The number of aryl methyl sites for hydroxylation is 1. The minimum absolute atomic E-state index is 0. The maximum Gasteiger partial charge on any atom is 0.242 e. The monoisotopic (exact) mass is 1100 g/mol. The predicted molar refractivity (Wildman–Crippen MR) is 284 cm³/mol. The molecule has 0 unspecified atom stereocenters. The first-order chi connectivity index (χ1) is 32.3. The van der Waals surface area contributed by atoms with Crippen molar-refractivity contribution in [2.45, 2.75) is 136 Å². The molecule has 4 heterocycles. The van der Waals surface area contributed by atoms with Crippen LogP contribution in [0, 0.1) is 18.5 Å². The molecule has 360 valence electrons. The zero-order valence-electron chi connectivity index (χ0n) is 43.9. The molecule has 1 aliphatic carbocycles. The molecular formula is C64H66N4OPt-2. The summed E-state index contributed by atoms with van der Waals surface area (Å²) < 4.78 is 13.6. The molecule has 0 N–H and O–H groups in total. The summed E-state index contributed by atoms with van der Waals surface area (Å²) >= 11 is 0. The standard InChI is InChI=1S/C64H66N4O.Pt/c1-59(2,3)38-23-28-51-44(30-38)43-26-24-41(35-53(43)68(51)55-22-17-18-29-65-55)69-42-25-27-47-54(36-42)67-37-66(16)52-21-19-20-48(58(52)67)64(47)56-45(31-39(60(4,5)6)33-49(56)62(10,11)12)46-32-40(61(7,8)9)34-50(57(46)64)63(13,14)15;/h17-34H,1-16H3;/q-2;. The molecule has 11 rings (SSSR count). The maximum atomic E-state index is 6.98. The second-order valence-corrected chi connectivity index (χ2v) is 25.1. The van der Waals surface area contributed by atoms with Crippen LogP contribution in [0.15, 0.2) is 109 Å². The quantitative estimate of drug-likeness (QED) is 0.131. The molecule has 3 aromatic heterocycles. The van der Waals surface area contributed by atoms with E-state index in [2.05, 4.69) is 228 Å². The van der Waals surface area contributed by atoms with Gasteiger partial charge in [0.2, 0.25) is 6.33 Å². The average Bonchev–Trinajstić information content (AvgIpc) is 3.89. The first-order valence-electron chi connectivity index (χ1n) is 24.8. The van der Waals surface area contributed by atoms with E-state index in [0.717, 1.165) is 39.0 Å². The average molecular weight is 1100 g/mol. The summed E-state index contributed by atoms with van der Waals surface area (Å²) in [6.45, 7) is 35.3. The Labute approximate surface area is 430 Å². The molecule has 6 heteroatoms. The Morgan fingerprint density at radius 2 is 1.16 bits per heavy atom. The van der Waals surface area contributed by atoms with E-state index < -0.39 is 5.41 Å². The molecule has 0 radical (unpaired) electrons. The summed E-state index contributed by atoms with van der Waals surface area (Å²) in [7, 11) is 2.11. The molecule has 9 aromatic rings. The van der Waals surface area contributed by atoms with Crippen molar-refractivity contribution in [3.8, 4) is 34.1 Å².